The fraction of sp³-hybridized carbons (Fsp3) is 0.500. The highest BCUT2D eigenvalue weighted by Crippen LogP contribution is 2.33. The van der Waals surface area contributed by atoms with E-state index in [4.69, 9.17) is 0 Å². The Kier molecular flexibility index (Phi) is 4.12. The average molecular weight is 275 g/mol. The molecule has 0 bridgehead atoms. The Bertz CT molecular complexity index is 539. The van der Waals surface area contributed by atoms with E-state index < -0.39 is 12.0 Å². The molecule has 2 rings (SSSR count). The molecule has 1 amide bonds. The number of piperidine rings is 1. The van der Waals surface area contributed by atoms with Gasteiger partial charge in [0.25, 0.3) is 0 Å². The molecule has 0 radical (unpaired) electrons. The molecule has 1 aliphatic rings. The van der Waals surface area contributed by atoms with E-state index in [9.17, 15) is 14.7 Å². The van der Waals surface area contributed by atoms with Gasteiger partial charge >= 0.3 is 5.97 Å². The summed E-state index contributed by atoms with van der Waals surface area (Å²) in [4.78, 5) is 24.4. The van der Waals surface area contributed by atoms with Gasteiger partial charge in [0.1, 0.15) is 6.04 Å². The van der Waals surface area contributed by atoms with Crippen LogP contribution in [-0.2, 0) is 9.59 Å². The van der Waals surface area contributed by atoms with Crippen LogP contribution in [0.3, 0.4) is 0 Å². The maximum absolute atomic E-state index is 11.5. The number of carboxylic acid groups (broad SMARTS) is 1. The molecule has 4 nitrogen and oxygen atoms in total. The second kappa shape index (κ2) is 5.65. The van der Waals surface area contributed by atoms with E-state index >= 15 is 0 Å². The van der Waals surface area contributed by atoms with E-state index in [0.29, 0.717) is 13.0 Å². The average Bonchev–Trinajstić information content (AvgIpc) is 2.37. The van der Waals surface area contributed by atoms with Crippen molar-refractivity contribution in [2.24, 2.45) is 0 Å². The van der Waals surface area contributed by atoms with Crippen LogP contribution in [0.15, 0.2) is 18.2 Å². The standard InChI is InChI=1S/C16H21NO3/c1-10-4-5-14(11(2)8-10)13-6-7-17(12(3)18)15(9-13)16(19)20/h4-5,8,13,15H,6-7,9H2,1-3H3,(H,19,20). The second-order valence-corrected chi connectivity index (χ2v) is 5.65. The Morgan fingerprint density at radius 3 is 2.55 bits per heavy atom. The molecule has 108 valence electrons. The smallest absolute Gasteiger partial charge is 0.326 e. The molecule has 2 unspecified atom stereocenters. The lowest BCUT2D eigenvalue weighted by molar-refractivity contribution is -0.151. The summed E-state index contributed by atoms with van der Waals surface area (Å²) in [5.41, 5.74) is 3.63. The molecular weight excluding hydrogens is 254 g/mol. The number of nitrogens with zero attached hydrogens (tertiary/aromatic N) is 1. The van der Waals surface area contributed by atoms with E-state index in [1.807, 2.05) is 0 Å². The zero-order valence-electron chi connectivity index (χ0n) is 12.2. The lowest BCUT2D eigenvalue weighted by Gasteiger charge is -2.37. The van der Waals surface area contributed by atoms with Gasteiger partial charge in [0, 0.05) is 13.5 Å². The molecule has 1 N–H and O–H groups in total. The summed E-state index contributed by atoms with van der Waals surface area (Å²) in [6, 6.07) is 5.59. The van der Waals surface area contributed by atoms with Crippen molar-refractivity contribution in [2.75, 3.05) is 6.54 Å². The van der Waals surface area contributed by atoms with Crippen molar-refractivity contribution >= 4 is 11.9 Å². The van der Waals surface area contributed by atoms with E-state index in [2.05, 4.69) is 32.0 Å². The number of carbonyl (C=O) groups is 2. The maximum Gasteiger partial charge on any atom is 0.326 e. The minimum Gasteiger partial charge on any atom is -0.480 e. The van der Waals surface area contributed by atoms with Crippen LogP contribution in [0, 0.1) is 13.8 Å². The molecular formula is C16H21NO3. The summed E-state index contributed by atoms with van der Waals surface area (Å²) in [6.45, 7) is 6.07. The first kappa shape index (κ1) is 14.6. The molecule has 20 heavy (non-hydrogen) atoms. The molecule has 0 aromatic heterocycles. The van der Waals surface area contributed by atoms with Gasteiger partial charge in [-0.2, -0.15) is 0 Å². The van der Waals surface area contributed by atoms with Gasteiger partial charge in [0.2, 0.25) is 5.91 Å². The molecule has 1 aromatic rings. The first-order valence-electron chi connectivity index (χ1n) is 6.97. The summed E-state index contributed by atoms with van der Waals surface area (Å²) in [5, 5.41) is 9.34. The summed E-state index contributed by atoms with van der Waals surface area (Å²) < 4.78 is 0. The van der Waals surface area contributed by atoms with Crippen molar-refractivity contribution in [3.05, 3.63) is 34.9 Å². The molecule has 0 spiro atoms. The number of amides is 1. The number of aryl methyl sites for hydroxylation is 2. The van der Waals surface area contributed by atoms with Crippen LogP contribution in [0.25, 0.3) is 0 Å². The first-order chi connectivity index (χ1) is 9.40. The quantitative estimate of drug-likeness (QED) is 0.902. The zero-order chi connectivity index (χ0) is 14.9. The van der Waals surface area contributed by atoms with Crippen LogP contribution in [0.1, 0.15) is 42.4 Å². The molecule has 1 fully saturated rings. The second-order valence-electron chi connectivity index (χ2n) is 5.65. The number of rotatable bonds is 2. The highest BCUT2D eigenvalue weighted by atomic mass is 16.4. The topological polar surface area (TPSA) is 57.6 Å². The monoisotopic (exact) mass is 275 g/mol. The van der Waals surface area contributed by atoms with Gasteiger partial charge in [0.05, 0.1) is 0 Å². The number of aliphatic carboxylic acids is 1. The Hall–Kier alpha value is -1.84. The van der Waals surface area contributed by atoms with Crippen molar-refractivity contribution in [3.8, 4) is 0 Å². The Morgan fingerprint density at radius 2 is 2.00 bits per heavy atom. The normalized spacial score (nSPS) is 22.6. The van der Waals surface area contributed by atoms with Gasteiger partial charge in [-0.25, -0.2) is 4.79 Å². The van der Waals surface area contributed by atoms with Crippen molar-refractivity contribution < 1.29 is 14.7 Å². The van der Waals surface area contributed by atoms with Crippen LogP contribution in [-0.4, -0.2) is 34.5 Å². The number of benzene rings is 1. The van der Waals surface area contributed by atoms with Crippen LogP contribution in [0.4, 0.5) is 0 Å². The Morgan fingerprint density at radius 1 is 1.30 bits per heavy atom. The molecule has 0 saturated carbocycles. The van der Waals surface area contributed by atoms with Gasteiger partial charge in [0.15, 0.2) is 0 Å². The molecule has 4 heteroatoms. The van der Waals surface area contributed by atoms with Crippen molar-refractivity contribution in [3.63, 3.8) is 0 Å². The largest absolute Gasteiger partial charge is 0.480 e. The first-order valence-corrected chi connectivity index (χ1v) is 6.97. The summed E-state index contributed by atoms with van der Waals surface area (Å²) >= 11 is 0. The molecule has 0 aliphatic carbocycles. The van der Waals surface area contributed by atoms with E-state index in [1.165, 1.54) is 28.5 Å². The minimum atomic E-state index is -0.908. The molecule has 1 aromatic carbocycles. The SMILES string of the molecule is CC(=O)N1CCC(c2ccc(C)cc2C)CC1C(=O)O. The summed E-state index contributed by atoms with van der Waals surface area (Å²) in [7, 11) is 0. The van der Waals surface area contributed by atoms with Gasteiger partial charge < -0.3 is 10.0 Å². The van der Waals surface area contributed by atoms with Crippen LogP contribution in [0.5, 0.6) is 0 Å². The van der Waals surface area contributed by atoms with Crippen molar-refractivity contribution in [1.82, 2.24) is 4.90 Å². The summed E-state index contributed by atoms with van der Waals surface area (Å²) in [5.74, 6) is -0.849. The fourth-order valence-corrected chi connectivity index (χ4v) is 3.14. The number of carboxylic acids is 1. The van der Waals surface area contributed by atoms with E-state index in [-0.39, 0.29) is 11.8 Å². The van der Waals surface area contributed by atoms with Gasteiger partial charge in [-0.15, -0.1) is 0 Å². The number of hydrogen-bond acceptors (Lipinski definition) is 2. The molecule has 1 aliphatic heterocycles. The van der Waals surface area contributed by atoms with Crippen LogP contribution >= 0.6 is 0 Å². The third-order valence-corrected chi connectivity index (χ3v) is 4.16. The van der Waals surface area contributed by atoms with Gasteiger partial charge in [-0.3, -0.25) is 4.79 Å². The predicted molar refractivity (Wildman–Crippen MR) is 76.7 cm³/mol. The fourth-order valence-electron chi connectivity index (χ4n) is 3.14. The van der Waals surface area contributed by atoms with Crippen molar-refractivity contribution in [1.29, 1.82) is 0 Å². The van der Waals surface area contributed by atoms with Crippen molar-refractivity contribution in [2.45, 2.75) is 45.6 Å². The molecule has 2 atom stereocenters. The molecule has 1 saturated heterocycles. The number of carbonyl (C=O) groups excluding carboxylic acids is 1. The summed E-state index contributed by atoms with van der Waals surface area (Å²) in [6.07, 6.45) is 1.33. The highest BCUT2D eigenvalue weighted by molar-refractivity contribution is 5.82. The Balaban J connectivity index is 2.24. The minimum absolute atomic E-state index is 0.156. The van der Waals surface area contributed by atoms with E-state index in [0.717, 1.165) is 6.42 Å². The Labute approximate surface area is 119 Å². The van der Waals surface area contributed by atoms with Gasteiger partial charge in [-0.05, 0) is 43.7 Å². The number of likely N-dealkylation sites (tertiary alicyclic amines) is 1. The third-order valence-electron chi connectivity index (χ3n) is 4.16. The predicted octanol–water partition coefficient (Wildman–Crippen LogP) is 2.48. The lowest BCUT2D eigenvalue weighted by atomic mass is 9.83. The zero-order valence-corrected chi connectivity index (χ0v) is 12.2. The van der Waals surface area contributed by atoms with E-state index in [1.54, 1.807) is 0 Å². The van der Waals surface area contributed by atoms with Crippen LogP contribution in [0.2, 0.25) is 0 Å². The van der Waals surface area contributed by atoms with Crippen LogP contribution < -0.4 is 0 Å². The highest BCUT2D eigenvalue weighted by Gasteiger charge is 2.35. The van der Waals surface area contributed by atoms with Gasteiger partial charge in [-0.1, -0.05) is 23.8 Å². The maximum atomic E-state index is 11.5. The lowest BCUT2D eigenvalue weighted by Crippen LogP contribution is -2.48. The molecule has 1 heterocycles. The number of hydrogen-bond donors (Lipinski definition) is 1. The third kappa shape index (κ3) is 2.84.